The number of nitrogens with zero attached hydrogens (tertiary/aromatic N) is 3. The number of thioether (sulfide) groups is 1. The maximum atomic E-state index is 12.5. The second kappa shape index (κ2) is 11.4. The van der Waals surface area contributed by atoms with Crippen LogP contribution in [0.1, 0.15) is 31.2 Å². The van der Waals surface area contributed by atoms with E-state index in [1.54, 1.807) is 12.1 Å². The fourth-order valence-corrected chi connectivity index (χ4v) is 5.01. The number of carbonyl (C=O) groups is 1. The smallest absolute Gasteiger partial charge is 0.362 e. The van der Waals surface area contributed by atoms with E-state index in [1.807, 2.05) is 43.3 Å². The number of anilines is 2. The molecule has 1 saturated carbocycles. The van der Waals surface area contributed by atoms with E-state index in [9.17, 15) is 18.0 Å². The van der Waals surface area contributed by atoms with E-state index in [0.717, 1.165) is 42.4 Å². The molecule has 0 saturated heterocycles. The number of nitrogens with one attached hydrogen (secondary N) is 2. The Morgan fingerprint density at radius 3 is 2.39 bits per heavy atom. The second-order valence-corrected chi connectivity index (χ2v) is 10.5. The van der Waals surface area contributed by atoms with E-state index >= 15 is 0 Å². The first-order valence-corrected chi connectivity index (χ1v) is 12.8. The summed E-state index contributed by atoms with van der Waals surface area (Å²) in [5.41, 5.74) is -2.71. The van der Waals surface area contributed by atoms with Crippen LogP contribution in [0.25, 0.3) is 10.9 Å². The van der Waals surface area contributed by atoms with Crippen LogP contribution in [0.3, 0.4) is 0 Å². The van der Waals surface area contributed by atoms with Gasteiger partial charge in [0.05, 0.1) is 11.9 Å². The largest absolute Gasteiger partial charge is 0.446 e. The van der Waals surface area contributed by atoms with Gasteiger partial charge in [-0.2, -0.15) is 18.2 Å². The lowest BCUT2D eigenvalue weighted by Crippen LogP contribution is -2.34. The predicted octanol–water partition coefficient (Wildman–Crippen LogP) is 5.64. The molecular weight excluding hydrogens is 487 g/mol. The summed E-state index contributed by atoms with van der Waals surface area (Å²) < 4.78 is 37.4. The van der Waals surface area contributed by atoms with Crippen molar-refractivity contribution in [3.05, 3.63) is 54.1 Å². The van der Waals surface area contributed by atoms with Crippen LogP contribution in [0, 0.1) is 5.92 Å². The Morgan fingerprint density at radius 2 is 1.72 bits per heavy atom. The van der Waals surface area contributed by atoms with Crippen molar-refractivity contribution in [1.82, 2.24) is 15.3 Å². The van der Waals surface area contributed by atoms with Gasteiger partial charge in [0.1, 0.15) is 5.82 Å². The number of fused-ring (bicyclic) bond motifs is 1. The van der Waals surface area contributed by atoms with Gasteiger partial charge >= 0.3 is 5.51 Å². The molecule has 0 aliphatic heterocycles. The molecule has 1 aliphatic rings. The summed E-state index contributed by atoms with van der Waals surface area (Å²) in [4.78, 5) is 23.9. The molecule has 192 valence electrons. The summed E-state index contributed by atoms with van der Waals surface area (Å²) in [6, 6.07) is 14.2. The van der Waals surface area contributed by atoms with Gasteiger partial charge in [-0.25, -0.2) is 4.98 Å². The molecule has 0 atom stereocenters. The van der Waals surface area contributed by atoms with Crippen molar-refractivity contribution in [3.63, 3.8) is 0 Å². The third-order valence-corrected chi connectivity index (χ3v) is 7.04. The van der Waals surface area contributed by atoms with Crippen LogP contribution in [0.15, 0.2) is 53.4 Å². The SMILES string of the molecule is CN(C)c1nc(NC2CCC(CNC(=O)Cc3ccc(SC(F)(F)F)cc3)CC2)nc2ccccc12. The molecule has 4 rings (SSSR count). The van der Waals surface area contributed by atoms with Crippen molar-refractivity contribution < 1.29 is 18.0 Å². The number of rotatable bonds is 8. The highest BCUT2D eigenvalue weighted by Crippen LogP contribution is 2.36. The summed E-state index contributed by atoms with van der Waals surface area (Å²) in [6.45, 7) is 0.602. The standard InChI is InChI=1S/C26H30F3N5OS/c1-34(2)24-21-5-3-4-6-22(21)32-25(33-24)31-19-11-7-18(8-12-19)16-30-23(35)15-17-9-13-20(14-10-17)36-26(27,28)29/h3-6,9-10,13-14,18-19H,7-8,11-12,15-16H2,1-2H3,(H,30,35)(H,31,32,33). The molecule has 2 aromatic carbocycles. The quantitative estimate of drug-likeness (QED) is 0.377. The predicted molar refractivity (Wildman–Crippen MR) is 138 cm³/mol. The zero-order valence-corrected chi connectivity index (χ0v) is 21.1. The Kier molecular flexibility index (Phi) is 8.23. The van der Waals surface area contributed by atoms with Gasteiger partial charge in [-0.05, 0) is 73.2 Å². The minimum Gasteiger partial charge on any atom is -0.362 e. The third-order valence-electron chi connectivity index (χ3n) is 6.30. The summed E-state index contributed by atoms with van der Waals surface area (Å²) in [5.74, 6) is 1.79. The number of aromatic nitrogens is 2. The zero-order valence-electron chi connectivity index (χ0n) is 20.3. The first-order chi connectivity index (χ1) is 17.2. The number of hydrogen-bond donors (Lipinski definition) is 2. The van der Waals surface area contributed by atoms with Crippen molar-refractivity contribution in [2.75, 3.05) is 30.9 Å². The van der Waals surface area contributed by atoms with Crippen LogP contribution in [0.2, 0.25) is 0 Å². The Bertz CT molecular complexity index is 1180. The van der Waals surface area contributed by atoms with Crippen molar-refractivity contribution in [1.29, 1.82) is 0 Å². The molecule has 1 amide bonds. The van der Waals surface area contributed by atoms with Crippen molar-refractivity contribution >= 4 is 40.3 Å². The molecule has 0 spiro atoms. The topological polar surface area (TPSA) is 70.2 Å². The highest BCUT2D eigenvalue weighted by Gasteiger charge is 2.29. The molecule has 0 radical (unpaired) electrons. The monoisotopic (exact) mass is 517 g/mol. The average Bonchev–Trinajstić information content (AvgIpc) is 2.83. The highest BCUT2D eigenvalue weighted by molar-refractivity contribution is 8.00. The summed E-state index contributed by atoms with van der Waals surface area (Å²) in [7, 11) is 3.94. The van der Waals surface area contributed by atoms with Crippen molar-refractivity contribution in [2.45, 2.75) is 48.5 Å². The lowest BCUT2D eigenvalue weighted by atomic mass is 9.86. The van der Waals surface area contributed by atoms with Gasteiger partial charge in [0.25, 0.3) is 0 Å². The molecule has 0 unspecified atom stereocenters. The summed E-state index contributed by atoms with van der Waals surface area (Å²) in [6.07, 6.45) is 4.05. The van der Waals surface area contributed by atoms with Gasteiger partial charge in [0, 0.05) is 37.0 Å². The van der Waals surface area contributed by atoms with Crippen LogP contribution >= 0.6 is 11.8 Å². The van der Waals surface area contributed by atoms with Gasteiger partial charge in [-0.3, -0.25) is 4.79 Å². The van der Waals surface area contributed by atoms with Gasteiger partial charge in [0.2, 0.25) is 11.9 Å². The van der Waals surface area contributed by atoms with Gasteiger partial charge < -0.3 is 15.5 Å². The number of para-hydroxylation sites is 1. The van der Waals surface area contributed by atoms with Crippen LogP contribution in [-0.2, 0) is 11.2 Å². The third kappa shape index (κ3) is 7.25. The Hall–Kier alpha value is -3.01. The van der Waals surface area contributed by atoms with E-state index in [0.29, 0.717) is 24.0 Å². The molecule has 3 aromatic rings. The lowest BCUT2D eigenvalue weighted by molar-refractivity contribution is -0.120. The first kappa shape index (κ1) is 26.1. The molecule has 1 heterocycles. The van der Waals surface area contributed by atoms with Gasteiger partial charge in [-0.15, -0.1) is 0 Å². The number of benzene rings is 2. The Balaban J connectivity index is 1.23. The minimum absolute atomic E-state index is 0.115. The fraction of sp³-hybridized carbons (Fsp3) is 0.423. The maximum absolute atomic E-state index is 12.5. The molecule has 1 aliphatic carbocycles. The van der Waals surface area contributed by atoms with E-state index < -0.39 is 5.51 Å². The van der Waals surface area contributed by atoms with E-state index in [4.69, 9.17) is 9.97 Å². The van der Waals surface area contributed by atoms with Crippen LogP contribution in [0.5, 0.6) is 0 Å². The molecular formula is C26H30F3N5OS. The molecule has 6 nitrogen and oxygen atoms in total. The summed E-state index contributed by atoms with van der Waals surface area (Å²) in [5, 5.41) is 7.50. The molecule has 1 aromatic heterocycles. The zero-order chi connectivity index (χ0) is 25.7. The Morgan fingerprint density at radius 1 is 1.03 bits per heavy atom. The number of amides is 1. The van der Waals surface area contributed by atoms with Crippen molar-refractivity contribution in [2.24, 2.45) is 5.92 Å². The van der Waals surface area contributed by atoms with Gasteiger partial charge in [-0.1, -0.05) is 24.3 Å². The molecule has 2 N–H and O–H groups in total. The minimum atomic E-state index is -4.31. The van der Waals surface area contributed by atoms with Crippen LogP contribution < -0.4 is 15.5 Å². The molecule has 10 heteroatoms. The fourth-order valence-electron chi connectivity index (χ4n) is 4.47. The van der Waals surface area contributed by atoms with E-state index in [2.05, 4.69) is 10.6 Å². The highest BCUT2D eigenvalue weighted by atomic mass is 32.2. The molecule has 36 heavy (non-hydrogen) atoms. The average molecular weight is 518 g/mol. The number of alkyl halides is 3. The van der Waals surface area contributed by atoms with Gasteiger partial charge in [0.15, 0.2) is 0 Å². The normalized spacial score (nSPS) is 18.1. The molecule has 0 bridgehead atoms. The van der Waals surface area contributed by atoms with E-state index in [-0.39, 0.29) is 35.0 Å². The summed E-state index contributed by atoms with van der Waals surface area (Å²) >= 11 is -0.156. The number of halogens is 3. The Labute approximate surface area is 213 Å². The van der Waals surface area contributed by atoms with Crippen LogP contribution in [0.4, 0.5) is 24.9 Å². The van der Waals surface area contributed by atoms with Crippen molar-refractivity contribution in [3.8, 4) is 0 Å². The maximum Gasteiger partial charge on any atom is 0.446 e. The number of carbonyl (C=O) groups excluding carboxylic acids is 1. The number of hydrogen-bond acceptors (Lipinski definition) is 6. The molecule has 1 fully saturated rings. The van der Waals surface area contributed by atoms with E-state index in [1.165, 1.54) is 12.1 Å². The van der Waals surface area contributed by atoms with Crippen LogP contribution in [-0.4, -0.2) is 48.1 Å². The second-order valence-electron chi connectivity index (χ2n) is 9.32. The lowest BCUT2D eigenvalue weighted by Gasteiger charge is -2.29. The first-order valence-electron chi connectivity index (χ1n) is 12.0.